The van der Waals surface area contributed by atoms with Crippen molar-refractivity contribution in [3.63, 3.8) is 0 Å². The fraction of sp³-hybridized carbons (Fsp3) is 0.600. The molecule has 0 spiro atoms. The van der Waals surface area contributed by atoms with Gasteiger partial charge in [0.25, 0.3) is 0 Å². The summed E-state index contributed by atoms with van der Waals surface area (Å²) in [5, 5.41) is 13.1. The van der Waals surface area contributed by atoms with Gasteiger partial charge >= 0.3 is 12.1 Å². The van der Waals surface area contributed by atoms with Gasteiger partial charge in [0, 0.05) is 6.54 Å². The lowest BCUT2D eigenvalue weighted by Gasteiger charge is -2.32. The zero-order valence-electron chi connectivity index (χ0n) is 21.2. The van der Waals surface area contributed by atoms with Gasteiger partial charge < -0.3 is 26.4 Å². The van der Waals surface area contributed by atoms with E-state index in [0.717, 1.165) is 25.7 Å². The zero-order chi connectivity index (χ0) is 27.9. The summed E-state index contributed by atoms with van der Waals surface area (Å²) in [6.45, 7) is 5.88. The number of carboxylic acid groups (broad SMARTS) is 1. The van der Waals surface area contributed by atoms with Crippen LogP contribution in [0, 0.1) is 5.92 Å². The third kappa shape index (κ3) is 8.17. The number of benzene rings is 1. The molecule has 1 aliphatic carbocycles. The Hall–Kier alpha value is -3.15. The van der Waals surface area contributed by atoms with E-state index in [1.807, 2.05) is 26.0 Å². The van der Waals surface area contributed by atoms with E-state index in [9.17, 15) is 27.6 Å². The van der Waals surface area contributed by atoms with Crippen LogP contribution in [0.3, 0.4) is 0 Å². The summed E-state index contributed by atoms with van der Waals surface area (Å²) < 4.78 is 31.7. The van der Waals surface area contributed by atoms with Crippen LogP contribution in [0.25, 0.3) is 0 Å². The van der Waals surface area contributed by atoms with Gasteiger partial charge in [0.15, 0.2) is 0 Å². The summed E-state index contributed by atoms with van der Waals surface area (Å²) in [5.74, 6) is -3.53. The van der Waals surface area contributed by atoms with Crippen molar-refractivity contribution in [1.82, 2.24) is 15.5 Å². The second kappa shape index (κ2) is 12.9. The topological polar surface area (TPSA) is 142 Å². The molecular weight excluding hydrogens is 493 g/mol. The Morgan fingerprint density at radius 1 is 1.08 bits per heavy atom. The van der Waals surface area contributed by atoms with Gasteiger partial charge in [0.05, 0.1) is 12.1 Å². The van der Waals surface area contributed by atoms with Crippen LogP contribution in [-0.4, -0.2) is 64.5 Å². The lowest BCUT2D eigenvalue weighted by Crippen LogP contribution is -2.57. The van der Waals surface area contributed by atoms with Crippen molar-refractivity contribution in [3.8, 4) is 0 Å². The van der Waals surface area contributed by atoms with Gasteiger partial charge in [-0.15, -0.1) is 0 Å². The number of hydrogen-bond acceptors (Lipinski definition) is 5. The Morgan fingerprint density at radius 3 is 2.27 bits per heavy atom. The number of aryl methyl sites for hydroxylation is 1. The Labute approximate surface area is 213 Å². The first-order chi connectivity index (χ1) is 17.2. The first-order valence-corrected chi connectivity index (χ1v) is 12.3. The lowest BCUT2D eigenvalue weighted by molar-refractivity contribution is -0.192. The van der Waals surface area contributed by atoms with E-state index in [-0.39, 0.29) is 29.7 Å². The lowest BCUT2D eigenvalue weighted by atomic mass is 9.87. The number of fused-ring (bicyclic) bond motifs is 1. The number of amides is 3. The number of nitrogens with zero attached hydrogens (tertiary/aromatic N) is 1. The normalized spacial score (nSPS) is 20.7. The molecule has 4 atom stereocenters. The van der Waals surface area contributed by atoms with E-state index in [0.29, 0.717) is 13.0 Å². The van der Waals surface area contributed by atoms with Crippen molar-refractivity contribution >= 4 is 23.7 Å². The molecule has 0 saturated carbocycles. The minimum atomic E-state index is -5.08. The van der Waals surface area contributed by atoms with Crippen molar-refractivity contribution in [2.45, 2.75) is 83.2 Å². The number of likely N-dealkylation sites (tertiary alicyclic amines) is 1. The van der Waals surface area contributed by atoms with Gasteiger partial charge in [-0.3, -0.25) is 14.4 Å². The molecule has 12 heteroatoms. The molecule has 1 aromatic rings. The Bertz CT molecular complexity index is 983. The van der Waals surface area contributed by atoms with Crippen LogP contribution in [0.1, 0.15) is 63.6 Å². The molecule has 3 amide bonds. The Kier molecular flexibility index (Phi) is 10.5. The average Bonchev–Trinajstić information content (AvgIpc) is 3.32. The second-order valence-electron chi connectivity index (χ2n) is 9.66. The number of alkyl halides is 3. The second-order valence-corrected chi connectivity index (χ2v) is 9.66. The first kappa shape index (κ1) is 30.1. The monoisotopic (exact) mass is 528 g/mol. The van der Waals surface area contributed by atoms with Crippen molar-refractivity contribution in [2.75, 3.05) is 6.54 Å². The molecule has 5 N–H and O–H groups in total. The minimum Gasteiger partial charge on any atom is -0.475 e. The standard InChI is InChI=1S/C23H34N4O3.C2HF3O2/c1-14(2)20(26-21(28)15(3)24)23(30)27-13-7-12-19(27)22(29)25-18-11-6-9-16-8-4-5-10-17(16)18;3-2(4,5)1(6)7/h4-5,8,10,14-15,18-20H,6-7,9,11-13,24H2,1-3H3,(H,25,29)(H,26,28);(H,6,7)/t15-,18?,19+,20+;/m1./s1. The van der Waals surface area contributed by atoms with E-state index in [4.69, 9.17) is 15.6 Å². The molecule has 3 rings (SSSR count). The van der Waals surface area contributed by atoms with Crippen LogP contribution >= 0.6 is 0 Å². The van der Waals surface area contributed by atoms with E-state index >= 15 is 0 Å². The smallest absolute Gasteiger partial charge is 0.475 e. The Balaban J connectivity index is 0.000000604. The van der Waals surface area contributed by atoms with E-state index < -0.39 is 30.3 Å². The molecule has 37 heavy (non-hydrogen) atoms. The van der Waals surface area contributed by atoms with Gasteiger partial charge in [-0.1, -0.05) is 38.1 Å². The summed E-state index contributed by atoms with van der Waals surface area (Å²) in [4.78, 5) is 49.0. The number of hydrogen-bond donors (Lipinski definition) is 4. The molecule has 1 saturated heterocycles. The molecule has 0 bridgehead atoms. The van der Waals surface area contributed by atoms with Crippen LogP contribution in [0.15, 0.2) is 24.3 Å². The molecule has 206 valence electrons. The summed E-state index contributed by atoms with van der Waals surface area (Å²) in [6, 6.07) is 6.34. The molecule has 1 aromatic carbocycles. The number of carbonyl (C=O) groups excluding carboxylic acids is 3. The molecule has 2 aliphatic rings. The fourth-order valence-electron chi connectivity index (χ4n) is 4.45. The fourth-order valence-corrected chi connectivity index (χ4v) is 4.45. The predicted octanol–water partition coefficient (Wildman–Crippen LogP) is 2.29. The number of halogens is 3. The maximum atomic E-state index is 13.2. The SMILES string of the molecule is CC(C)[C@H](NC(=O)[C@@H](C)N)C(=O)N1CCC[C@H]1C(=O)NC1CCCc2ccccc21.O=C(O)C(F)(F)F. The van der Waals surface area contributed by atoms with Crippen LogP contribution in [0.4, 0.5) is 13.2 Å². The molecule has 1 aliphatic heterocycles. The molecule has 1 fully saturated rings. The first-order valence-electron chi connectivity index (χ1n) is 12.3. The average molecular weight is 529 g/mol. The highest BCUT2D eigenvalue weighted by Crippen LogP contribution is 2.30. The molecular formula is C25H35F3N4O5. The third-order valence-electron chi connectivity index (χ3n) is 6.41. The number of carboxylic acids is 1. The molecule has 1 heterocycles. The highest BCUT2D eigenvalue weighted by Gasteiger charge is 2.40. The van der Waals surface area contributed by atoms with Crippen LogP contribution < -0.4 is 16.4 Å². The van der Waals surface area contributed by atoms with Crippen molar-refractivity contribution in [1.29, 1.82) is 0 Å². The highest BCUT2D eigenvalue weighted by molar-refractivity contribution is 5.93. The third-order valence-corrected chi connectivity index (χ3v) is 6.41. The summed E-state index contributed by atoms with van der Waals surface area (Å²) in [6.07, 6.45) is -0.697. The van der Waals surface area contributed by atoms with Gasteiger partial charge in [-0.05, 0) is 56.1 Å². The van der Waals surface area contributed by atoms with Gasteiger partial charge in [0.1, 0.15) is 12.1 Å². The van der Waals surface area contributed by atoms with Gasteiger partial charge in [-0.25, -0.2) is 4.79 Å². The number of aliphatic carboxylic acids is 1. The minimum absolute atomic E-state index is 0.0151. The largest absolute Gasteiger partial charge is 0.490 e. The quantitative estimate of drug-likeness (QED) is 0.446. The number of rotatable bonds is 6. The van der Waals surface area contributed by atoms with E-state index in [1.54, 1.807) is 11.8 Å². The van der Waals surface area contributed by atoms with Crippen molar-refractivity contribution in [3.05, 3.63) is 35.4 Å². The van der Waals surface area contributed by atoms with Crippen LogP contribution in [0.2, 0.25) is 0 Å². The zero-order valence-corrected chi connectivity index (χ0v) is 21.2. The Morgan fingerprint density at radius 2 is 1.70 bits per heavy atom. The highest BCUT2D eigenvalue weighted by atomic mass is 19.4. The molecule has 0 radical (unpaired) electrons. The van der Waals surface area contributed by atoms with Gasteiger partial charge in [-0.2, -0.15) is 13.2 Å². The van der Waals surface area contributed by atoms with E-state index in [1.165, 1.54) is 11.1 Å². The van der Waals surface area contributed by atoms with Crippen molar-refractivity contribution in [2.24, 2.45) is 11.7 Å². The van der Waals surface area contributed by atoms with E-state index in [2.05, 4.69) is 22.8 Å². The maximum Gasteiger partial charge on any atom is 0.490 e. The molecule has 1 unspecified atom stereocenters. The number of nitrogens with one attached hydrogen (secondary N) is 2. The predicted molar refractivity (Wildman–Crippen MR) is 129 cm³/mol. The summed E-state index contributed by atoms with van der Waals surface area (Å²) in [5.41, 5.74) is 8.12. The molecule has 9 nitrogen and oxygen atoms in total. The van der Waals surface area contributed by atoms with Crippen molar-refractivity contribution < 1.29 is 37.5 Å². The maximum absolute atomic E-state index is 13.2. The van der Waals surface area contributed by atoms with Gasteiger partial charge in [0.2, 0.25) is 17.7 Å². The number of carbonyl (C=O) groups is 4. The summed E-state index contributed by atoms with van der Waals surface area (Å²) >= 11 is 0. The summed E-state index contributed by atoms with van der Waals surface area (Å²) in [7, 11) is 0. The number of nitrogens with two attached hydrogens (primary N) is 1. The molecule has 0 aromatic heterocycles. The van der Waals surface area contributed by atoms with Crippen LogP contribution in [0.5, 0.6) is 0 Å². The van der Waals surface area contributed by atoms with Crippen LogP contribution in [-0.2, 0) is 25.6 Å².